The lowest BCUT2D eigenvalue weighted by molar-refractivity contribution is -0.135. The van der Waals surface area contributed by atoms with E-state index < -0.39 is 0 Å². The molecule has 2 fully saturated rings. The van der Waals surface area contributed by atoms with Crippen molar-refractivity contribution in [2.75, 3.05) is 19.6 Å². The number of hydrogen-bond donors (Lipinski definition) is 1. The lowest BCUT2D eigenvalue weighted by Gasteiger charge is -2.21. The van der Waals surface area contributed by atoms with Crippen LogP contribution in [0.15, 0.2) is 0 Å². The molecule has 2 atom stereocenters. The van der Waals surface area contributed by atoms with Gasteiger partial charge in [0.05, 0.1) is 5.41 Å². The fraction of sp³-hybridized carbons (Fsp3) is 0.909. The Labute approximate surface area is 85.6 Å². The third kappa shape index (κ3) is 1.44. The van der Waals surface area contributed by atoms with Crippen molar-refractivity contribution in [2.24, 2.45) is 23.0 Å². The zero-order valence-electron chi connectivity index (χ0n) is 9.12. The lowest BCUT2D eigenvalue weighted by atomic mass is 10.0. The second-order valence-electron chi connectivity index (χ2n) is 5.15. The van der Waals surface area contributed by atoms with Crippen LogP contribution < -0.4 is 5.73 Å². The van der Waals surface area contributed by atoms with Gasteiger partial charge in [-0.2, -0.15) is 0 Å². The number of hydrogen-bond acceptors (Lipinski definition) is 2. The zero-order valence-corrected chi connectivity index (χ0v) is 9.12. The van der Waals surface area contributed by atoms with Gasteiger partial charge in [-0.05, 0) is 24.7 Å². The van der Waals surface area contributed by atoms with Gasteiger partial charge in [-0.25, -0.2) is 0 Å². The maximum absolute atomic E-state index is 12.1. The number of carbonyl (C=O) groups excluding carboxylic acids is 1. The highest BCUT2D eigenvalue weighted by Crippen LogP contribution is 2.47. The van der Waals surface area contributed by atoms with Crippen molar-refractivity contribution in [1.82, 2.24) is 4.90 Å². The van der Waals surface area contributed by atoms with Crippen molar-refractivity contribution in [3.05, 3.63) is 0 Å². The van der Waals surface area contributed by atoms with Crippen LogP contribution in [0.1, 0.15) is 26.7 Å². The van der Waals surface area contributed by atoms with Gasteiger partial charge < -0.3 is 10.6 Å². The minimum Gasteiger partial charge on any atom is -0.342 e. The Bertz CT molecular complexity index is 238. The monoisotopic (exact) mass is 196 g/mol. The van der Waals surface area contributed by atoms with Gasteiger partial charge in [0.2, 0.25) is 5.91 Å². The van der Waals surface area contributed by atoms with Gasteiger partial charge in [0.15, 0.2) is 0 Å². The molecule has 2 aliphatic rings. The summed E-state index contributed by atoms with van der Waals surface area (Å²) in [6.45, 7) is 6.84. The van der Waals surface area contributed by atoms with Gasteiger partial charge in [-0.1, -0.05) is 13.8 Å². The molecule has 2 N–H and O–H groups in total. The largest absolute Gasteiger partial charge is 0.342 e. The average molecular weight is 196 g/mol. The van der Waals surface area contributed by atoms with E-state index in [2.05, 4.69) is 13.8 Å². The summed E-state index contributed by atoms with van der Waals surface area (Å²) in [5.41, 5.74) is 5.51. The smallest absolute Gasteiger partial charge is 0.230 e. The van der Waals surface area contributed by atoms with Gasteiger partial charge in [0, 0.05) is 19.6 Å². The predicted molar refractivity (Wildman–Crippen MR) is 55.6 cm³/mol. The van der Waals surface area contributed by atoms with Crippen LogP contribution in [0.3, 0.4) is 0 Å². The molecule has 1 saturated carbocycles. The SMILES string of the molecule is CC1CN(C(=O)C2(CN)CC2)CC1C. The van der Waals surface area contributed by atoms with E-state index in [0.717, 1.165) is 25.9 Å². The number of carbonyl (C=O) groups is 1. The maximum atomic E-state index is 12.1. The van der Waals surface area contributed by atoms with Crippen LogP contribution >= 0.6 is 0 Å². The van der Waals surface area contributed by atoms with Crippen LogP contribution in [-0.4, -0.2) is 30.4 Å². The van der Waals surface area contributed by atoms with E-state index in [1.54, 1.807) is 0 Å². The molecule has 0 aromatic rings. The fourth-order valence-electron chi connectivity index (χ4n) is 2.29. The summed E-state index contributed by atoms with van der Waals surface area (Å²) in [4.78, 5) is 14.1. The van der Waals surface area contributed by atoms with E-state index >= 15 is 0 Å². The predicted octanol–water partition coefficient (Wildman–Crippen LogP) is 0.840. The normalized spacial score (nSPS) is 34.6. The first-order valence-corrected chi connectivity index (χ1v) is 5.58. The minimum absolute atomic E-state index is 0.149. The van der Waals surface area contributed by atoms with Crippen molar-refractivity contribution in [3.63, 3.8) is 0 Å². The number of likely N-dealkylation sites (tertiary alicyclic amines) is 1. The molecule has 1 aliphatic carbocycles. The highest BCUT2D eigenvalue weighted by Gasteiger charge is 2.51. The first-order chi connectivity index (χ1) is 6.59. The van der Waals surface area contributed by atoms with E-state index in [1.807, 2.05) is 4.90 Å². The number of amides is 1. The molecule has 14 heavy (non-hydrogen) atoms. The van der Waals surface area contributed by atoms with E-state index in [-0.39, 0.29) is 5.41 Å². The molecule has 0 aromatic heterocycles. The Morgan fingerprint density at radius 3 is 2.21 bits per heavy atom. The first kappa shape index (κ1) is 9.97. The standard InChI is InChI=1S/C11H20N2O/c1-8-5-13(6-9(8)2)10(14)11(7-12)3-4-11/h8-9H,3-7,12H2,1-2H3. The molecule has 80 valence electrons. The molecule has 0 aromatic carbocycles. The zero-order chi connectivity index (χ0) is 10.3. The van der Waals surface area contributed by atoms with E-state index in [4.69, 9.17) is 5.73 Å². The highest BCUT2D eigenvalue weighted by atomic mass is 16.2. The number of rotatable bonds is 2. The molecule has 1 saturated heterocycles. The van der Waals surface area contributed by atoms with Gasteiger partial charge in [0.1, 0.15) is 0 Å². The summed E-state index contributed by atoms with van der Waals surface area (Å²) in [5.74, 6) is 1.61. The summed E-state index contributed by atoms with van der Waals surface area (Å²) >= 11 is 0. The van der Waals surface area contributed by atoms with Crippen LogP contribution in [0.5, 0.6) is 0 Å². The van der Waals surface area contributed by atoms with Crippen LogP contribution in [0.2, 0.25) is 0 Å². The molecule has 0 bridgehead atoms. The highest BCUT2D eigenvalue weighted by molar-refractivity contribution is 5.85. The number of nitrogens with two attached hydrogens (primary N) is 1. The Balaban J connectivity index is 2.00. The van der Waals surface area contributed by atoms with Crippen LogP contribution in [0.4, 0.5) is 0 Å². The summed E-state index contributed by atoms with van der Waals surface area (Å²) < 4.78 is 0. The molecule has 3 heteroatoms. The minimum atomic E-state index is -0.149. The Kier molecular flexibility index (Phi) is 2.30. The van der Waals surface area contributed by atoms with Gasteiger partial charge in [0.25, 0.3) is 0 Å². The van der Waals surface area contributed by atoms with Gasteiger partial charge >= 0.3 is 0 Å². The van der Waals surface area contributed by atoms with E-state index in [9.17, 15) is 4.79 Å². The van der Waals surface area contributed by atoms with Crippen molar-refractivity contribution in [3.8, 4) is 0 Å². The molecular formula is C11H20N2O. The molecule has 0 spiro atoms. The molecule has 2 unspecified atom stereocenters. The molecule has 3 nitrogen and oxygen atoms in total. The van der Waals surface area contributed by atoms with Crippen LogP contribution in [-0.2, 0) is 4.79 Å². The lowest BCUT2D eigenvalue weighted by Crippen LogP contribution is -2.39. The fourth-order valence-corrected chi connectivity index (χ4v) is 2.29. The van der Waals surface area contributed by atoms with E-state index in [0.29, 0.717) is 24.3 Å². The Hall–Kier alpha value is -0.570. The first-order valence-electron chi connectivity index (χ1n) is 5.58. The Morgan fingerprint density at radius 1 is 1.36 bits per heavy atom. The average Bonchev–Trinajstić information content (AvgIpc) is 2.90. The Morgan fingerprint density at radius 2 is 1.86 bits per heavy atom. The topological polar surface area (TPSA) is 46.3 Å². The van der Waals surface area contributed by atoms with Crippen LogP contribution in [0, 0.1) is 17.3 Å². The van der Waals surface area contributed by atoms with Crippen molar-refractivity contribution in [1.29, 1.82) is 0 Å². The molecule has 2 rings (SSSR count). The quantitative estimate of drug-likeness (QED) is 0.711. The summed E-state index contributed by atoms with van der Waals surface area (Å²) in [6, 6.07) is 0. The summed E-state index contributed by atoms with van der Waals surface area (Å²) in [5, 5.41) is 0. The number of nitrogens with zero attached hydrogens (tertiary/aromatic N) is 1. The summed E-state index contributed by atoms with van der Waals surface area (Å²) in [6.07, 6.45) is 2.00. The molecule has 0 radical (unpaired) electrons. The molecular weight excluding hydrogens is 176 g/mol. The second kappa shape index (κ2) is 3.23. The summed E-state index contributed by atoms with van der Waals surface area (Å²) in [7, 11) is 0. The third-order valence-corrected chi connectivity index (χ3v) is 3.97. The maximum Gasteiger partial charge on any atom is 0.230 e. The second-order valence-corrected chi connectivity index (χ2v) is 5.15. The van der Waals surface area contributed by atoms with Crippen molar-refractivity contribution in [2.45, 2.75) is 26.7 Å². The van der Waals surface area contributed by atoms with Gasteiger partial charge in [-0.3, -0.25) is 4.79 Å². The van der Waals surface area contributed by atoms with Crippen LogP contribution in [0.25, 0.3) is 0 Å². The van der Waals surface area contributed by atoms with E-state index in [1.165, 1.54) is 0 Å². The third-order valence-electron chi connectivity index (χ3n) is 3.97. The molecule has 1 aliphatic heterocycles. The molecule has 1 heterocycles. The van der Waals surface area contributed by atoms with Crippen molar-refractivity contribution < 1.29 is 4.79 Å². The molecule has 1 amide bonds. The van der Waals surface area contributed by atoms with Crippen molar-refractivity contribution >= 4 is 5.91 Å². The van der Waals surface area contributed by atoms with Gasteiger partial charge in [-0.15, -0.1) is 0 Å².